The van der Waals surface area contributed by atoms with Gasteiger partial charge in [0.05, 0.1) is 23.8 Å². The third kappa shape index (κ3) is 4.98. The average Bonchev–Trinajstić information content (AvgIpc) is 3.11. The topological polar surface area (TPSA) is 87.9 Å². The number of nitrogens with zero attached hydrogens (tertiary/aromatic N) is 5. The minimum absolute atomic E-state index is 0.0942. The van der Waals surface area contributed by atoms with Crippen LogP contribution in [-0.4, -0.2) is 63.0 Å². The van der Waals surface area contributed by atoms with Gasteiger partial charge in [0.2, 0.25) is 10.0 Å². The van der Waals surface area contributed by atoms with Crippen molar-refractivity contribution in [2.75, 3.05) is 19.3 Å². The number of rotatable bonds is 4. The Balaban J connectivity index is 1.59. The lowest BCUT2D eigenvalue weighted by atomic mass is 9.92. The second kappa shape index (κ2) is 9.38. The molecule has 0 radical (unpaired) electrons. The van der Waals surface area contributed by atoms with Crippen LogP contribution in [0.5, 0.6) is 0 Å². The molecule has 0 fully saturated rings. The molecular formula is C22H22Cl2F3N5O3S. The van der Waals surface area contributed by atoms with E-state index in [1.807, 2.05) is 0 Å². The SMILES string of the molecule is Cc1cc(C(F)(F)F)nc2c1cc(CC1C(Cl)=NC=C(C(=O)N3C=CN(S(C)(=O)=O)CC3)C1Cl)n2C. The molecule has 2 unspecified atom stereocenters. The highest BCUT2D eigenvalue weighted by molar-refractivity contribution is 7.88. The highest BCUT2D eigenvalue weighted by Crippen LogP contribution is 2.35. The fourth-order valence-electron chi connectivity index (χ4n) is 4.18. The smallest absolute Gasteiger partial charge is 0.333 e. The number of aryl methyl sites for hydroxylation is 2. The van der Waals surface area contributed by atoms with Crippen molar-refractivity contribution in [3.05, 3.63) is 53.3 Å². The Morgan fingerprint density at radius 1 is 1.22 bits per heavy atom. The summed E-state index contributed by atoms with van der Waals surface area (Å²) in [7, 11) is -1.83. The summed E-state index contributed by atoms with van der Waals surface area (Å²) in [5.74, 6) is -1.06. The molecule has 4 rings (SSSR count). The molecule has 0 aliphatic carbocycles. The second-order valence-electron chi connectivity index (χ2n) is 8.67. The highest BCUT2D eigenvalue weighted by Gasteiger charge is 2.37. The molecule has 0 saturated carbocycles. The molecule has 2 aliphatic rings. The Morgan fingerprint density at radius 2 is 1.92 bits per heavy atom. The maximum absolute atomic E-state index is 13.3. The number of amides is 1. The minimum atomic E-state index is -4.58. The summed E-state index contributed by atoms with van der Waals surface area (Å²) >= 11 is 13.0. The molecule has 0 aromatic carbocycles. The van der Waals surface area contributed by atoms with E-state index in [-0.39, 0.29) is 35.9 Å². The van der Waals surface area contributed by atoms with Crippen LogP contribution in [0.2, 0.25) is 0 Å². The molecule has 0 spiro atoms. The van der Waals surface area contributed by atoms with Crippen LogP contribution in [0.4, 0.5) is 13.2 Å². The standard InChI is InChI=1S/C22H22Cl2F3N5O3S/c1-12-8-17(22(25,26)27)29-20-14(12)9-13(30(20)2)10-15-18(23)16(11-28-19(15)24)21(33)31-4-6-32(7-5-31)36(3,34)35/h4,6,8-9,11,15,18H,5,7,10H2,1-3H3. The van der Waals surface area contributed by atoms with Gasteiger partial charge >= 0.3 is 6.18 Å². The molecule has 0 bridgehead atoms. The van der Waals surface area contributed by atoms with Crippen molar-refractivity contribution in [1.82, 2.24) is 18.8 Å². The average molecular weight is 564 g/mol. The minimum Gasteiger partial charge on any atom is -0.333 e. The summed E-state index contributed by atoms with van der Waals surface area (Å²) in [5, 5.41) is -0.146. The third-order valence-electron chi connectivity index (χ3n) is 6.22. The first-order valence-electron chi connectivity index (χ1n) is 10.7. The quantitative estimate of drug-likeness (QED) is 0.530. The van der Waals surface area contributed by atoms with E-state index in [1.54, 1.807) is 24.6 Å². The van der Waals surface area contributed by atoms with Crippen LogP contribution in [0.25, 0.3) is 11.0 Å². The summed E-state index contributed by atoms with van der Waals surface area (Å²) in [6.07, 6.45) is 0.651. The predicted octanol–water partition coefficient (Wildman–Crippen LogP) is 3.78. The summed E-state index contributed by atoms with van der Waals surface area (Å²) in [6, 6.07) is 2.74. The number of pyridine rings is 1. The van der Waals surface area contributed by atoms with Crippen molar-refractivity contribution in [2.24, 2.45) is 18.0 Å². The lowest BCUT2D eigenvalue weighted by Crippen LogP contribution is -2.43. The van der Waals surface area contributed by atoms with E-state index in [0.717, 1.165) is 16.6 Å². The fourth-order valence-corrected chi connectivity index (χ4v) is 5.55. The van der Waals surface area contributed by atoms with Crippen molar-refractivity contribution >= 4 is 55.3 Å². The summed E-state index contributed by atoms with van der Waals surface area (Å²) < 4.78 is 65.8. The van der Waals surface area contributed by atoms with E-state index >= 15 is 0 Å². The second-order valence-corrected chi connectivity index (χ2v) is 11.5. The van der Waals surface area contributed by atoms with Crippen LogP contribution < -0.4 is 0 Å². The predicted molar refractivity (Wildman–Crippen MR) is 131 cm³/mol. The van der Waals surface area contributed by atoms with E-state index in [2.05, 4.69) is 9.98 Å². The molecule has 0 saturated heterocycles. The first kappa shape index (κ1) is 26.5. The van der Waals surface area contributed by atoms with Crippen molar-refractivity contribution in [1.29, 1.82) is 0 Å². The van der Waals surface area contributed by atoms with Crippen LogP contribution >= 0.6 is 23.2 Å². The van der Waals surface area contributed by atoms with Crippen LogP contribution in [0.15, 0.2) is 41.3 Å². The van der Waals surface area contributed by atoms with Crippen LogP contribution in [0.3, 0.4) is 0 Å². The van der Waals surface area contributed by atoms with Gasteiger partial charge in [-0.25, -0.2) is 18.4 Å². The molecular weight excluding hydrogens is 542 g/mol. The van der Waals surface area contributed by atoms with Gasteiger partial charge in [0.25, 0.3) is 5.91 Å². The third-order valence-corrected chi connectivity index (χ3v) is 8.29. The van der Waals surface area contributed by atoms with Gasteiger partial charge in [-0.3, -0.25) is 9.10 Å². The Hall–Kier alpha value is -2.57. The van der Waals surface area contributed by atoms with E-state index in [9.17, 15) is 26.4 Å². The lowest BCUT2D eigenvalue weighted by Gasteiger charge is -2.32. The zero-order valence-electron chi connectivity index (χ0n) is 19.4. The maximum Gasteiger partial charge on any atom is 0.433 e. The Bertz CT molecular complexity index is 1430. The highest BCUT2D eigenvalue weighted by atomic mass is 35.5. The first-order chi connectivity index (χ1) is 16.7. The number of halogens is 5. The Labute approximate surface area is 215 Å². The Kier molecular flexibility index (Phi) is 6.91. The molecule has 194 valence electrons. The summed E-state index contributed by atoms with van der Waals surface area (Å²) in [5.41, 5.74) is 0.423. The van der Waals surface area contributed by atoms with E-state index in [1.165, 1.54) is 23.5 Å². The van der Waals surface area contributed by atoms with Crippen LogP contribution in [0.1, 0.15) is 17.0 Å². The summed E-state index contributed by atoms with van der Waals surface area (Å²) in [4.78, 5) is 22.4. The van der Waals surface area contributed by atoms with E-state index in [4.69, 9.17) is 23.2 Å². The Morgan fingerprint density at radius 3 is 2.50 bits per heavy atom. The molecule has 1 amide bonds. The number of hydrogen-bond donors (Lipinski definition) is 0. The van der Waals surface area contributed by atoms with Gasteiger partial charge in [0.1, 0.15) is 16.5 Å². The maximum atomic E-state index is 13.3. The van der Waals surface area contributed by atoms with Gasteiger partial charge in [-0.2, -0.15) is 13.2 Å². The molecule has 4 heterocycles. The fraction of sp³-hybridized carbons (Fsp3) is 0.409. The molecule has 2 aliphatic heterocycles. The molecule has 2 atom stereocenters. The zero-order valence-corrected chi connectivity index (χ0v) is 21.8. The molecule has 2 aromatic heterocycles. The first-order valence-corrected chi connectivity index (χ1v) is 13.4. The number of sulfonamides is 1. The molecule has 8 nitrogen and oxygen atoms in total. The van der Waals surface area contributed by atoms with Crippen LogP contribution in [-0.2, 0) is 34.5 Å². The van der Waals surface area contributed by atoms with Gasteiger partial charge in [0, 0.05) is 49.2 Å². The summed E-state index contributed by atoms with van der Waals surface area (Å²) in [6.45, 7) is 1.80. The number of alkyl halides is 4. The van der Waals surface area contributed by atoms with Crippen molar-refractivity contribution in [3.8, 4) is 0 Å². The van der Waals surface area contributed by atoms with E-state index in [0.29, 0.717) is 16.6 Å². The number of carbonyl (C=O) groups is 1. The molecule has 14 heteroatoms. The largest absolute Gasteiger partial charge is 0.433 e. The normalized spacial score (nSPS) is 21.1. The lowest BCUT2D eigenvalue weighted by molar-refractivity contribution is -0.141. The molecule has 0 N–H and O–H groups in total. The van der Waals surface area contributed by atoms with Crippen molar-refractivity contribution in [3.63, 3.8) is 0 Å². The van der Waals surface area contributed by atoms with Gasteiger partial charge in [-0.15, -0.1) is 11.6 Å². The van der Waals surface area contributed by atoms with Crippen molar-refractivity contribution < 1.29 is 26.4 Å². The number of aliphatic imine (C=N–C) groups is 1. The van der Waals surface area contributed by atoms with Gasteiger partial charge in [0.15, 0.2) is 0 Å². The van der Waals surface area contributed by atoms with E-state index < -0.39 is 39.1 Å². The molecule has 2 aromatic rings. The molecule has 36 heavy (non-hydrogen) atoms. The van der Waals surface area contributed by atoms with Crippen molar-refractivity contribution in [2.45, 2.75) is 24.9 Å². The van der Waals surface area contributed by atoms with Gasteiger partial charge in [-0.05, 0) is 31.0 Å². The number of fused-ring (bicyclic) bond motifs is 1. The number of carbonyl (C=O) groups excluding carboxylic acids is 1. The zero-order chi connectivity index (χ0) is 26.6. The van der Waals surface area contributed by atoms with Crippen LogP contribution in [0, 0.1) is 12.8 Å². The monoisotopic (exact) mass is 563 g/mol. The number of hydrogen-bond acceptors (Lipinski definition) is 5. The van der Waals surface area contributed by atoms with Gasteiger partial charge < -0.3 is 9.47 Å². The van der Waals surface area contributed by atoms with Gasteiger partial charge in [-0.1, -0.05) is 11.6 Å². The number of aromatic nitrogens is 2.